The Kier molecular flexibility index (Phi) is 19.2. The van der Waals surface area contributed by atoms with Gasteiger partial charge in [-0.3, -0.25) is 33.6 Å². The maximum absolute atomic E-state index is 13.5. The molecule has 0 fully saturated rings. The molecular formula is C37H56N10O11. The summed E-state index contributed by atoms with van der Waals surface area (Å²) in [6.45, 7) is 7.47. The number of phenols is 1. The van der Waals surface area contributed by atoms with Crippen LogP contribution in [0.25, 0.3) is 0 Å². The molecule has 7 amide bonds. The van der Waals surface area contributed by atoms with Crippen molar-refractivity contribution in [3.05, 3.63) is 48.0 Å². The van der Waals surface area contributed by atoms with E-state index in [9.17, 15) is 53.7 Å². The molecule has 1 aromatic carbocycles. The molecular weight excluding hydrogens is 760 g/mol. The summed E-state index contributed by atoms with van der Waals surface area (Å²) in [5, 5.41) is 44.1. The molecule has 1 aromatic heterocycles. The zero-order chi connectivity index (χ0) is 43.7. The molecule has 7 atom stereocenters. The van der Waals surface area contributed by atoms with Crippen molar-refractivity contribution in [1.82, 2.24) is 41.9 Å². The Balaban J connectivity index is 2.14. The number of hydrogen-bond acceptors (Lipinski definition) is 12. The minimum atomic E-state index is -1.60. The number of nitrogens with two attached hydrogens (primary N) is 2. The van der Waals surface area contributed by atoms with Gasteiger partial charge in [0.1, 0.15) is 42.0 Å². The van der Waals surface area contributed by atoms with Crippen LogP contribution in [0.3, 0.4) is 0 Å². The van der Waals surface area contributed by atoms with E-state index < -0.39 is 103 Å². The molecule has 2 aromatic rings. The SMILES string of the molecule is CC(C)C[C@H](NC(=O)[C@H](C)NC(=O)[C@H](CO)NC(=O)[C@H](CC(C)C)NC(=O)[C@H](Cc1cnc[nH]1)NC(=O)[C@@H](N)CC(N)=O)C(=O)N[C@@H](Cc1ccc(O)cc1)C(=O)O. The Bertz CT molecular complexity index is 1720. The van der Waals surface area contributed by atoms with E-state index in [2.05, 4.69) is 41.9 Å². The molecule has 14 N–H and O–H groups in total. The van der Waals surface area contributed by atoms with E-state index >= 15 is 0 Å². The van der Waals surface area contributed by atoms with Gasteiger partial charge in [0, 0.05) is 24.7 Å². The van der Waals surface area contributed by atoms with Crippen molar-refractivity contribution in [3.8, 4) is 5.75 Å². The van der Waals surface area contributed by atoms with Crippen LogP contribution >= 0.6 is 0 Å². The molecule has 2 rings (SSSR count). The first-order valence-electron chi connectivity index (χ1n) is 18.6. The van der Waals surface area contributed by atoms with Gasteiger partial charge in [-0.1, -0.05) is 39.8 Å². The van der Waals surface area contributed by atoms with Crippen LogP contribution in [0.15, 0.2) is 36.8 Å². The number of phenolic OH excluding ortho intramolecular Hbond substituents is 1. The molecule has 0 bridgehead atoms. The van der Waals surface area contributed by atoms with Crippen molar-refractivity contribution in [2.24, 2.45) is 23.3 Å². The fraction of sp³-hybridized carbons (Fsp3) is 0.541. The zero-order valence-electron chi connectivity index (χ0n) is 33.1. The average molecular weight is 817 g/mol. The van der Waals surface area contributed by atoms with Crippen molar-refractivity contribution in [2.45, 2.75) is 109 Å². The Morgan fingerprint density at radius 1 is 0.672 bits per heavy atom. The summed E-state index contributed by atoms with van der Waals surface area (Å²) in [6.07, 6.45) is 2.21. The molecule has 0 aliphatic rings. The summed E-state index contributed by atoms with van der Waals surface area (Å²) in [4.78, 5) is 110. The van der Waals surface area contributed by atoms with E-state index in [1.165, 1.54) is 43.7 Å². The van der Waals surface area contributed by atoms with E-state index in [-0.39, 0.29) is 43.3 Å². The maximum atomic E-state index is 13.5. The quantitative estimate of drug-likeness (QED) is 0.0510. The van der Waals surface area contributed by atoms with Gasteiger partial charge in [-0.25, -0.2) is 9.78 Å². The van der Waals surface area contributed by atoms with Crippen LogP contribution in [0.2, 0.25) is 0 Å². The lowest BCUT2D eigenvalue weighted by molar-refractivity contribution is -0.142. The Morgan fingerprint density at radius 3 is 1.64 bits per heavy atom. The number of carbonyl (C=O) groups excluding carboxylic acids is 7. The lowest BCUT2D eigenvalue weighted by atomic mass is 10.0. The summed E-state index contributed by atoms with van der Waals surface area (Å²) in [5.41, 5.74) is 11.9. The van der Waals surface area contributed by atoms with Crippen LogP contribution < -0.4 is 43.4 Å². The van der Waals surface area contributed by atoms with Crippen LogP contribution in [0.1, 0.15) is 65.1 Å². The molecule has 320 valence electrons. The third-order valence-electron chi connectivity index (χ3n) is 8.61. The van der Waals surface area contributed by atoms with E-state index in [0.29, 0.717) is 11.3 Å². The van der Waals surface area contributed by atoms with Gasteiger partial charge in [0.05, 0.1) is 25.4 Å². The molecule has 58 heavy (non-hydrogen) atoms. The monoisotopic (exact) mass is 816 g/mol. The normalized spacial score (nSPS) is 14.8. The highest BCUT2D eigenvalue weighted by Gasteiger charge is 2.33. The van der Waals surface area contributed by atoms with Crippen molar-refractivity contribution in [3.63, 3.8) is 0 Å². The van der Waals surface area contributed by atoms with Gasteiger partial charge < -0.3 is 63.7 Å². The number of rotatable bonds is 24. The lowest BCUT2D eigenvalue weighted by Crippen LogP contribution is -2.60. The van der Waals surface area contributed by atoms with Crippen molar-refractivity contribution >= 4 is 47.3 Å². The molecule has 0 unspecified atom stereocenters. The highest BCUT2D eigenvalue weighted by Crippen LogP contribution is 2.13. The molecule has 1 heterocycles. The molecule has 0 saturated heterocycles. The second kappa shape index (κ2) is 23.2. The largest absolute Gasteiger partial charge is 0.508 e. The number of benzene rings is 1. The summed E-state index contributed by atoms with van der Waals surface area (Å²) < 4.78 is 0. The highest BCUT2D eigenvalue weighted by atomic mass is 16.4. The number of nitrogens with one attached hydrogen (secondary N) is 7. The summed E-state index contributed by atoms with van der Waals surface area (Å²) in [6, 6.07) is -3.67. The van der Waals surface area contributed by atoms with Gasteiger partial charge in [-0.15, -0.1) is 0 Å². The number of carbonyl (C=O) groups is 8. The molecule has 0 spiro atoms. The fourth-order valence-electron chi connectivity index (χ4n) is 5.57. The van der Waals surface area contributed by atoms with Gasteiger partial charge >= 0.3 is 5.97 Å². The van der Waals surface area contributed by atoms with Crippen molar-refractivity contribution in [2.75, 3.05) is 6.61 Å². The maximum Gasteiger partial charge on any atom is 0.326 e. The van der Waals surface area contributed by atoms with Gasteiger partial charge in [0.2, 0.25) is 41.4 Å². The predicted octanol–water partition coefficient (Wildman–Crippen LogP) is -2.80. The van der Waals surface area contributed by atoms with Crippen LogP contribution in [0, 0.1) is 11.8 Å². The number of aliphatic hydroxyl groups excluding tert-OH is 1. The van der Waals surface area contributed by atoms with Crippen molar-refractivity contribution < 1.29 is 53.7 Å². The Hall–Kier alpha value is -6.09. The van der Waals surface area contributed by atoms with E-state index in [1.807, 2.05) is 0 Å². The number of amides is 7. The van der Waals surface area contributed by atoms with Gasteiger partial charge in [0.15, 0.2) is 0 Å². The molecule has 0 saturated carbocycles. The second-order valence-corrected chi connectivity index (χ2v) is 14.7. The number of aromatic nitrogens is 2. The van der Waals surface area contributed by atoms with Crippen LogP contribution in [-0.4, -0.2) is 122 Å². The summed E-state index contributed by atoms with van der Waals surface area (Å²) in [7, 11) is 0. The fourth-order valence-corrected chi connectivity index (χ4v) is 5.57. The zero-order valence-corrected chi connectivity index (χ0v) is 33.1. The number of aliphatic hydroxyl groups is 1. The summed E-state index contributed by atoms with van der Waals surface area (Å²) >= 11 is 0. The standard InChI is InChI=1S/C37H56N10O11/c1-18(2)10-25(33(53)46-28(37(57)58)12-21-6-8-23(49)9-7-21)43-31(51)20(5)42-36(56)29(16-48)47-34(54)26(11-19(3)4)45-35(55)27(13-22-15-40-17-41-22)44-32(52)24(38)14-30(39)50/h6-9,15,17-20,24-29,48-49H,10-14,16,38H2,1-5H3,(H2,39,50)(H,40,41)(H,42,56)(H,43,51)(H,44,52)(H,45,55)(H,46,53)(H,47,54)(H,57,58)/t20-,24-,25-,26-,27-,28-,29-/m0/s1. The number of carboxylic acid groups (broad SMARTS) is 1. The molecule has 0 aliphatic heterocycles. The molecule has 21 heteroatoms. The number of aromatic amines is 1. The molecule has 0 radical (unpaired) electrons. The van der Waals surface area contributed by atoms with Crippen molar-refractivity contribution in [1.29, 1.82) is 0 Å². The Labute approximate surface area is 335 Å². The smallest absolute Gasteiger partial charge is 0.326 e. The van der Waals surface area contributed by atoms with Gasteiger partial charge in [-0.05, 0) is 49.3 Å². The van der Waals surface area contributed by atoms with Crippen LogP contribution in [0.4, 0.5) is 0 Å². The first-order chi connectivity index (χ1) is 27.2. The minimum Gasteiger partial charge on any atom is -0.508 e. The van der Waals surface area contributed by atoms with Crippen LogP contribution in [0.5, 0.6) is 5.75 Å². The summed E-state index contributed by atoms with van der Waals surface area (Å²) in [5.74, 6) is -7.64. The van der Waals surface area contributed by atoms with Crippen LogP contribution in [-0.2, 0) is 51.2 Å². The third-order valence-corrected chi connectivity index (χ3v) is 8.61. The number of primary amides is 1. The first-order valence-corrected chi connectivity index (χ1v) is 18.6. The van der Waals surface area contributed by atoms with E-state index in [1.54, 1.807) is 27.7 Å². The molecule has 0 aliphatic carbocycles. The number of hydrogen-bond donors (Lipinski definition) is 12. The number of nitrogens with zero attached hydrogens (tertiary/aromatic N) is 1. The number of aliphatic carboxylic acids is 1. The van der Waals surface area contributed by atoms with Gasteiger partial charge in [0.25, 0.3) is 0 Å². The lowest BCUT2D eigenvalue weighted by Gasteiger charge is -2.27. The minimum absolute atomic E-state index is 0.0193. The predicted molar refractivity (Wildman–Crippen MR) is 207 cm³/mol. The highest BCUT2D eigenvalue weighted by molar-refractivity contribution is 5.97. The van der Waals surface area contributed by atoms with E-state index in [4.69, 9.17) is 11.5 Å². The first kappa shape index (κ1) is 48.1. The third kappa shape index (κ3) is 16.6. The number of imidazole rings is 1. The molecule has 21 nitrogen and oxygen atoms in total. The number of carboxylic acids is 1. The number of H-pyrrole nitrogens is 1. The van der Waals surface area contributed by atoms with E-state index in [0.717, 1.165) is 0 Å². The average Bonchev–Trinajstić information content (AvgIpc) is 3.65. The number of aromatic hydroxyl groups is 1. The van der Waals surface area contributed by atoms with Gasteiger partial charge in [-0.2, -0.15) is 0 Å². The topological polar surface area (TPSA) is 350 Å². The Morgan fingerprint density at radius 2 is 1.16 bits per heavy atom. The second-order valence-electron chi connectivity index (χ2n) is 14.7.